The Kier molecular flexibility index (Phi) is 4.87. The summed E-state index contributed by atoms with van der Waals surface area (Å²) in [6, 6.07) is 3.78. The topological polar surface area (TPSA) is 104 Å². The summed E-state index contributed by atoms with van der Waals surface area (Å²) in [5, 5.41) is 9.15. The zero-order valence-electron chi connectivity index (χ0n) is 16.8. The van der Waals surface area contributed by atoms with Crippen molar-refractivity contribution in [3.8, 4) is 11.4 Å². The lowest BCUT2D eigenvalue weighted by molar-refractivity contribution is 0.0973. The molecule has 0 aromatic carbocycles. The van der Waals surface area contributed by atoms with Crippen LogP contribution in [0.5, 0.6) is 0 Å². The third kappa shape index (κ3) is 3.31. The fraction of sp³-hybridized carbons (Fsp3) is 0.500. The van der Waals surface area contributed by atoms with Gasteiger partial charge in [-0.2, -0.15) is 0 Å². The molecule has 0 radical (unpaired) electrons. The van der Waals surface area contributed by atoms with E-state index in [1.54, 1.807) is 12.3 Å². The third-order valence-electron chi connectivity index (χ3n) is 5.85. The highest BCUT2D eigenvalue weighted by molar-refractivity contribution is 5.84. The standard InChI is InChI=1S/C20H24N6O4/c1-24(20(27)28)16-3-2-13(11-21-16)17-22-18(25-4-7-29-8-5-25)15-10-14-12-30-9-6-26(14)19(15)23-17/h2-3,11,14H,4-10,12H2,1H3,(H,27,28)/t14-/m0/s1. The summed E-state index contributed by atoms with van der Waals surface area (Å²) >= 11 is 0. The number of amides is 1. The molecule has 1 N–H and O–H groups in total. The van der Waals surface area contributed by atoms with Crippen LogP contribution in [0.1, 0.15) is 5.56 Å². The Hall–Kier alpha value is -2.98. The quantitative estimate of drug-likeness (QED) is 0.797. The lowest BCUT2D eigenvalue weighted by Gasteiger charge is -2.31. The van der Waals surface area contributed by atoms with E-state index in [0.29, 0.717) is 44.1 Å². The zero-order valence-corrected chi connectivity index (χ0v) is 16.8. The molecule has 0 aliphatic carbocycles. The van der Waals surface area contributed by atoms with Crippen molar-refractivity contribution in [3.05, 3.63) is 23.9 Å². The van der Waals surface area contributed by atoms with E-state index in [9.17, 15) is 4.79 Å². The van der Waals surface area contributed by atoms with Gasteiger partial charge in [-0.15, -0.1) is 0 Å². The Morgan fingerprint density at radius 2 is 1.90 bits per heavy atom. The van der Waals surface area contributed by atoms with Crippen LogP contribution in [-0.4, -0.2) is 85.3 Å². The van der Waals surface area contributed by atoms with Crippen LogP contribution in [0.2, 0.25) is 0 Å². The first-order chi connectivity index (χ1) is 14.6. The highest BCUT2D eigenvalue weighted by atomic mass is 16.5. The van der Waals surface area contributed by atoms with Gasteiger partial charge in [0.25, 0.3) is 0 Å². The van der Waals surface area contributed by atoms with E-state index >= 15 is 0 Å². The average Bonchev–Trinajstić information content (AvgIpc) is 3.17. The number of ether oxygens (including phenoxy) is 2. The lowest BCUT2D eigenvalue weighted by Crippen LogP contribution is -2.43. The molecule has 3 aliphatic heterocycles. The molecule has 3 aliphatic rings. The maximum Gasteiger partial charge on any atom is 0.412 e. The Morgan fingerprint density at radius 1 is 1.13 bits per heavy atom. The lowest BCUT2D eigenvalue weighted by atomic mass is 10.1. The molecule has 2 aromatic heterocycles. The second-order valence-electron chi connectivity index (χ2n) is 7.65. The molecule has 2 fully saturated rings. The number of anilines is 3. The van der Waals surface area contributed by atoms with Gasteiger partial charge >= 0.3 is 6.09 Å². The number of nitrogens with zero attached hydrogens (tertiary/aromatic N) is 6. The predicted molar refractivity (Wildman–Crippen MR) is 110 cm³/mol. The van der Waals surface area contributed by atoms with E-state index in [1.165, 1.54) is 12.6 Å². The van der Waals surface area contributed by atoms with E-state index in [4.69, 9.17) is 24.5 Å². The number of rotatable bonds is 3. The van der Waals surface area contributed by atoms with E-state index in [-0.39, 0.29) is 0 Å². The first kappa shape index (κ1) is 19.0. The summed E-state index contributed by atoms with van der Waals surface area (Å²) in [5.41, 5.74) is 1.93. The van der Waals surface area contributed by atoms with Crippen LogP contribution in [0.15, 0.2) is 18.3 Å². The number of morpholine rings is 2. The number of carboxylic acid groups (broad SMARTS) is 1. The molecule has 10 heteroatoms. The molecular formula is C20H24N6O4. The Morgan fingerprint density at radius 3 is 2.63 bits per heavy atom. The number of carbonyl (C=O) groups is 1. The van der Waals surface area contributed by atoms with Gasteiger partial charge in [-0.1, -0.05) is 0 Å². The van der Waals surface area contributed by atoms with Gasteiger partial charge in [0.05, 0.1) is 32.5 Å². The van der Waals surface area contributed by atoms with Gasteiger partial charge in [0.2, 0.25) is 0 Å². The molecule has 0 bridgehead atoms. The van der Waals surface area contributed by atoms with Crippen LogP contribution in [0.25, 0.3) is 11.4 Å². The molecule has 0 saturated carbocycles. The van der Waals surface area contributed by atoms with Gasteiger partial charge in [-0.05, 0) is 12.1 Å². The summed E-state index contributed by atoms with van der Waals surface area (Å²) in [6.45, 7) is 5.17. The number of fused-ring (bicyclic) bond motifs is 3. The van der Waals surface area contributed by atoms with Crippen molar-refractivity contribution < 1.29 is 19.4 Å². The van der Waals surface area contributed by atoms with E-state index < -0.39 is 6.09 Å². The van der Waals surface area contributed by atoms with Crippen molar-refractivity contribution in [2.75, 3.05) is 67.8 Å². The van der Waals surface area contributed by atoms with Crippen LogP contribution in [0, 0.1) is 0 Å². The minimum Gasteiger partial charge on any atom is -0.465 e. The largest absolute Gasteiger partial charge is 0.465 e. The van der Waals surface area contributed by atoms with E-state index in [1.807, 2.05) is 6.07 Å². The van der Waals surface area contributed by atoms with Crippen LogP contribution in [0.4, 0.5) is 22.2 Å². The van der Waals surface area contributed by atoms with Crippen molar-refractivity contribution in [2.24, 2.45) is 0 Å². The Balaban J connectivity index is 1.55. The average molecular weight is 412 g/mol. The first-order valence-electron chi connectivity index (χ1n) is 10.1. The minimum absolute atomic E-state index is 0.294. The predicted octanol–water partition coefficient (Wildman–Crippen LogP) is 1.25. The molecule has 0 unspecified atom stereocenters. The Bertz CT molecular complexity index is 947. The van der Waals surface area contributed by atoms with Crippen molar-refractivity contribution in [1.29, 1.82) is 0 Å². The van der Waals surface area contributed by atoms with Crippen LogP contribution >= 0.6 is 0 Å². The zero-order chi connectivity index (χ0) is 20.7. The van der Waals surface area contributed by atoms with Crippen molar-refractivity contribution in [2.45, 2.75) is 12.5 Å². The highest BCUT2D eigenvalue weighted by Gasteiger charge is 2.37. The third-order valence-corrected chi connectivity index (χ3v) is 5.85. The SMILES string of the molecule is CN(C(=O)O)c1ccc(-c2nc(N3CCOCC3)c3c(n2)N2CCOC[C@@H]2C3)cn1. The second kappa shape index (κ2) is 7.69. The van der Waals surface area contributed by atoms with Gasteiger partial charge < -0.3 is 24.4 Å². The monoisotopic (exact) mass is 412 g/mol. The molecule has 1 atom stereocenters. The summed E-state index contributed by atoms with van der Waals surface area (Å²) in [4.78, 5) is 31.0. The van der Waals surface area contributed by atoms with Crippen molar-refractivity contribution in [1.82, 2.24) is 15.0 Å². The van der Waals surface area contributed by atoms with Gasteiger partial charge in [0, 0.05) is 50.4 Å². The molecule has 0 spiro atoms. The summed E-state index contributed by atoms with van der Waals surface area (Å²) in [6.07, 6.45) is 1.45. The van der Waals surface area contributed by atoms with Crippen LogP contribution < -0.4 is 14.7 Å². The molecular weight excluding hydrogens is 388 g/mol. The van der Waals surface area contributed by atoms with Crippen LogP contribution in [0.3, 0.4) is 0 Å². The molecule has 5 rings (SSSR count). The second-order valence-corrected chi connectivity index (χ2v) is 7.65. The molecule has 1 amide bonds. The van der Waals surface area contributed by atoms with Crippen LogP contribution in [-0.2, 0) is 15.9 Å². The van der Waals surface area contributed by atoms with Gasteiger partial charge in [0.15, 0.2) is 5.82 Å². The maximum absolute atomic E-state index is 11.2. The molecule has 30 heavy (non-hydrogen) atoms. The summed E-state index contributed by atoms with van der Waals surface area (Å²) in [5.74, 6) is 2.88. The molecule has 5 heterocycles. The summed E-state index contributed by atoms with van der Waals surface area (Å²) in [7, 11) is 1.46. The maximum atomic E-state index is 11.2. The van der Waals surface area contributed by atoms with Gasteiger partial charge in [-0.25, -0.2) is 19.7 Å². The molecule has 158 valence electrons. The highest BCUT2D eigenvalue weighted by Crippen LogP contribution is 2.39. The minimum atomic E-state index is -1.06. The number of aromatic nitrogens is 3. The number of hydrogen-bond acceptors (Lipinski definition) is 8. The van der Waals surface area contributed by atoms with Crippen molar-refractivity contribution >= 4 is 23.5 Å². The fourth-order valence-corrected chi connectivity index (χ4v) is 4.20. The van der Waals surface area contributed by atoms with E-state index in [0.717, 1.165) is 48.2 Å². The number of pyridine rings is 1. The van der Waals surface area contributed by atoms with Gasteiger partial charge in [0.1, 0.15) is 17.5 Å². The van der Waals surface area contributed by atoms with Gasteiger partial charge in [-0.3, -0.25) is 4.90 Å². The molecule has 2 saturated heterocycles. The smallest absolute Gasteiger partial charge is 0.412 e. The molecule has 2 aromatic rings. The van der Waals surface area contributed by atoms with E-state index in [2.05, 4.69) is 14.8 Å². The fourth-order valence-electron chi connectivity index (χ4n) is 4.20. The first-order valence-corrected chi connectivity index (χ1v) is 10.1. The molecule has 10 nitrogen and oxygen atoms in total. The normalized spacial score (nSPS) is 20.6. The summed E-state index contributed by atoms with van der Waals surface area (Å²) < 4.78 is 11.2. The number of hydrogen-bond donors (Lipinski definition) is 1. The Labute approximate surface area is 174 Å². The van der Waals surface area contributed by atoms with Crippen molar-refractivity contribution in [3.63, 3.8) is 0 Å².